The summed E-state index contributed by atoms with van der Waals surface area (Å²) in [6, 6.07) is 6.57. The molecule has 1 aliphatic heterocycles. The van der Waals surface area contributed by atoms with Gasteiger partial charge in [0.25, 0.3) is 5.91 Å². The molecule has 0 aliphatic carbocycles. The summed E-state index contributed by atoms with van der Waals surface area (Å²) < 4.78 is 16.6. The normalized spacial score (nSPS) is 16.8. The van der Waals surface area contributed by atoms with Gasteiger partial charge in [0.2, 0.25) is 0 Å². The van der Waals surface area contributed by atoms with Crippen LogP contribution in [0.25, 0.3) is 0 Å². The van der Waals surface area contributed by atoms with Gasteiger partial charge in [-0.05, 0) is 24.3 Å². The average Bonchev–Trinajstić information content (AvgIpc) is 2.53. The molecule has 1 aromatic carbocycles. The van der Waals surface area contributed by atoms with E-state index in [2.05, 4.69) is 5.16 Å². The molecular formula is C13H17N3O4S. The van der Waals surface area contributed by atoms with Gasteiger partial charge in [-0.15, -0.1) is 0 Å². The summed E-state index contributed by atoms with van der Waals surface area (Å²) in [4.78, 5) is 13.6. The van der Waals surface area contributed by atoms with Crippen LogP contribution in [0.2, 0.25) is 0 Å². The van der Waals surface area contributed by atoms with Gasteiger partial charge in [-0.2, -0.15) is 0 Å². The fourth-order valence-electron chi connectivity index (χ4n) is 1.90. The van der Waals surface area contributed by atoms with Crippen molar-refractivity contribution >= 4 is 22.5 Å². The highest BCUT2D eigenvalue weighted by atomic mass is 32.2. The van der Waals surface area contributed by atoms with Crippen molar-refractivity contribution in [3.63, 3.8) is 0 Å². The van der Waals surface area contributed by atoms with E-state index in [-0.39, 0.29) is 18.3 Å². The molecule has 8 heteroatoms. The number of ether oxygens (including phenoxy) is 1. The second-order valence-electron chi connectivity index (χ2n) is 4.53. The topological polar surface area (TPSA) is 105 Å². The van der Waals surface area contributed by atoms with Gasteiger partial charge in [0.05, 0.1) is 0 Å². The number of carbonyl (C=O) groups is 1. The SMILES string of the molecule is NC(=NO)c1ccc(OCC(=O)N2CCS(=O)CC2)cc1. The number of rotatable bonds is 4. The summed E-state index contributed by atoms with van der Waals surface area (Å²) in [5.74, 6) is 1.48. The van der Waals surface area contributed by atoms with Gasteiger partial charge < -0.3 is 20.6 Å². The fraction of sp³-hybridized carbons (Fsp3) is 0.385. The first-order chi connectivity index (χ1) is 10.1. The number of amides is 1. The molecule has 0 bridgehead atoms. The lowest BCUT2D eigenvalue weighted by Crippen LogP contribution is -2.43. The first kappa shape index (κ1) is 15.3. The first-order valence-electron chi connectivity index (χ1n) is 6.43. The number of oxime groups is 1. The van der Waals surface area contributed by atoms with Crippen LogP contribution in [0.3, 0.4) is 0 Å². The lowest BCUT2D eigenvalue weighted by molar-refractivity contribution is -0.133. The Morgan fingerprint density at radius 1 is 1.33 bits per heavy atom. The Balaban J connectivity index is 1.85. The van der Waals surface area contributed by atoms with E-state index in [4.69, 9.17) is 15.7 Å². The molecule has 0 saturated carbocycles. The van der Waals surface area contributed by atoms with E-state index in [1.54, 1.807) is 29.2 Å². The molecule has 7 nitrogen and oxygen atoms in total. The van der Waals surface area contributed by atoms with Crippen LogP contribution in [0.4, 0.5) is 0 Å². The summed E-state index contributed by atoms with van der Waals surface area (Å²) in [7, 11) is -0.804. The zero-order valence-electron chi connectivity index (χ0n) is 11.4. The molecule has 2 rings (SSSR count). The standard InChI is InChI=1S/C13H17N3O4S/c14-13(15-18)10-1-3-11(4-2-10)20-9-12(17)16-5-7-21(19)8-6-16/h1-4,18H,5-9H2,(H2,14,15). The van der Waals surface area contributed by atoms with Crippen molar-refractivity contribution in [3.05, 3.63) is 29.8 Å². The zero-order chi connectivity index (χ0) is 15.2. The maximum atomic E-state index is 11.9. The van der Waals surface area contributed by atoms with Crippen molar-refractivity contribution in [1.82, 2.24) is 4.90 Å². The lowest BCUT2D eigenvalue weighted by atomic mass is 10.2. The monoisotopic (exact) mass is 311 g/mol. The van der Waals surface area contributed by atoms with Crippen molar-refractivity contribution in [1.29, 1.82) is 0 Å². The molecule has 1 amide bonds. The van der Waals surface area contributed by atoms with E-state index < -0.39 is 10.8 Å². The molecule has 114 valence electrons. The highest BCUT2D eigenvalue weighted by Gasteiger charge is 2.20. The Morgan fingerprint density at radius 3 is 2.52 bits per heavy atom. The van der Waals surface area contributed by atoms with Gasteiger partial charge in [0.1, 0.15) is 5.75 Å². The second-order valence-corrected chi connectivity index (χ2v) is 6.22. The maximum Gasteiger partial charge on any atom is 0.260 e. The summed E-state index contributed by atoms with van der Waals surface area (Å²) in [5, 5.41) is 11.5. The second kappa shape index (κ2) is 7.07. The first-order valence-corrected chi connectivity index (χ1v) is 7.92. The Morgan fingerprint density at radius 2 is 1.95 bits per heavy atom. The van der Waals surface area contributed by atoms with Crippen molar-refractivity contribution in [2.75, 3.05) is 31.2 Å². The number of hydrogen-bond acceptors (Lipinski definition) is 5. The van der Waals surface area contributed by atoms with Crippen molar-refractivity contribution < 1.29 is 18.9 Å². The van der Waals surface area contributed by atoms with Crippen LogP contribution in [-0.2, 0) is 15.6 Å². The summed E-state index contributed by atoms with van der Waals surface area (Å²) in [6.07, 6.45) is 0. The molecule has 0 unspecified atom stereocenters. The molecule has 0 radical (unpaired) electrons. The highest BCUT2D eigenvalue weighted by molar-refractivity contribution is 7.85. The van der Waals surface area contributed by atoms with Gasteiger partial charge in [-0.3, -0.25) is 9.00 Å². The minimum atomic E-state index is -0.804. The van der Waals surface area contributed by atoms with Gasteiger partial charge in [-0.1, -0.05) is 5.16 Å². The Hall–Kier alpha value is -2.09. The van der Waals surface area contributed by atoms with E-state index >= 15 is 0 Å². The molecule has 1 heterocycles. The third-order valence-corrected chi connectivity index (χ3v) is 4.43. The Bertz CT molecular complexity index is 549. The van der Waals surface area contributed by atoms with Crippen LogP contribution < -0.4 is 10.5 Å². The Kier molecular flexibility index (Phi) is 5.15. The average molecular weight is 311 g/mol. The Labute approximate surface area is 124 Å². The van der Waals surface area contributed by atoms with Crippen LogP contribution in [-0.4, -0.2) is 57.3 Å². The minimum Gasteiger partial charge on any atom is -0.484 e. The molecule has 0 spiro atoms. The van der Waals surface area contributed by atoms with Crippen LogP contribution in [0.1, 0.15) is 5.56 Å². The fourth-order valence-corrected chi connectivity index (χ4v) is 2.96. The van der Waals surface area contributed by atoms with Crippen LogP contribution in [0.5, 0.6) is 5.75 Å². The molecule has 1 aromatic rings. The van der Waals surface area contributed by atoms with E-state index in [1.807, 2.05) is 0 Å². The van der Waals surface area contributed by atoms with E-state index in [0.29, 0.717) is 35.9 Å². The van der Waals surface area contributed by atoms with E-state index in [1.165, 1.54) is 0 Å². The minimum absolute atomic E-state index is 0.0129. The molecule has 1 aliphatic rings. The molecular weight excluding hydrogens is 294 g/mol. The summed E-state index contributed by atoms with van der Waals surface area (Å²) in [5.41, 5.74) is 6.01. The molecule has 0 aromatic heterocycles. The van der Waals surface area contributed by atoms with Gasteiger partial charge in [-0.25, -0.2) is 0 Å². The van der Waals surface area contributed by atoms with E-state index in [0.717, 1.165) is 0 Å². The van der Waals surface area contributed by atoms with Crippen LogP contribution >= 0.6 is 0 Å². The quantitative estimate of drug-likeness (QED) is 0.345. The maximum absolute atomic E-state index is 11.9. The van der Waals surface area contributed by atoms with E-state index in [9.17, 15) is 9.00 Å². The largest absolute Gasteiger partial charge is 0.484 e. The highest BCUT2D eigenvalue weighted by Crippen LogP contribution is 2.12. The van der Waals surface area contributed by atoms with Gasteiger partial charge >= 0.3 is 0 Å². The summed E-state index contributed by atoms with van der Waals surface area (Å²) >= 11 is 0. The number of hydrogen-bond donors (Lipinski definition) is 2. The predicted molar refractivity (Wildman–Crippen MR) is 78.9 cm³/mol. The van der Waals surface area contributed by atoms with Crippen LogP contribution in [0, 0.1) is 0 Å². The number of benzene rings is 1. The molecule has 1 fully saturated rings. The van der Waals surface area contributed by atoms with Gasteiger partial charge in [0.15, 0.2) is 12.4 Å². The van der Waals surface area contributed by atoms with Crippen LogP contribution in [0.15, 0.2) is 29.4 Å². The number of carbonyl (C=O) groups excluding carboxylic acids is 1. The smallest absolute Gasteiger partial charge is 0.260 e. The number of amidine groups is 1. The molecule has 1 saturated heterocycles. The third kappa shape index (κ3) is 4.19. The predicted octanol–water partition coefficient (Wildman–Crippen LogP) is -0.249. The lowest BCUT2D eigenvalue weighted by Gasteiger charge is -2.26. The molecule has 0 atom stereocenters. The van der Waals surface area contributed by atoms with Crippen molar-refractivity contribution in [2.45, 2.75) is 0 Å². The van der Waals surface area contributed by atoms with Gasteiger partial charge in [0, 0.05) is 41.0 Å². The third-order valence-electron chi connectivity index (χ3n) is 3.15. The zero-order valence-corrected chi connectivity index (χ0v) is 12.2. The summed E-state index contributed by atoms with van der Waals surface area (Å²) in [6.45, 7) is 0.962. The number of nitrogens with zero attached hydrogens (tertiary/aromatic N) is 2. The molecule has 3 N–H and O–H groups in total. The number of nitrogens with two attached hydrogens (primary N) is 1. The van der Waals surface area contributed by atoms with Crippen molar-refractivity contribution in [3.8, 4) is 5.75 Å². The molecule has 21 heavy (non-hydrogen) atoms. The van der Waals surface area contributed by atoms with Crippen molar-refractivity contribution in [2.24, 2.45) is 10.9 Å².